The van der Waals surface area contributed by atoms with Crippen LogP contribution in [0.5, 0.6) is 0 Å². The SMILES string of the molecule is CCN(CC)c1ccccn1.CN(C)c1ccncc1. The Kier molecular flexibility index (Phi) is 7.11. The van der Waals surface area contributed by atoms with Gasteiger partial charge in [-0.2, -0.15) is 0 Å². The predicted molar refractivity (Wildman–Crippen MR) is 86.4 cm³/mol. The summed E-state index contributed by atoms with van der Waals surface area (Å²) in [4.78, 5) is 12.4. The molecule has 2 aromatic heterocycles. The van der Waals surface area contributed by atoms with Crippen molar-refractivity contribution in [3.63, 3.8) is 0 Å². The minimum Gasteiger partial charge on any atom is -0.378 e. The van der Waals surface area contributed by atoms with Crippen molar-refractivity contribution in [3.05, 3.63) is 48.9 Å². The van der Waals surface area contributed by atoms with Crippen LogP contribution < -0.4 is 9.80 Å². The molecule has 0 bridgehead atoms. The molecule has 0 aromatic carbocycles. The number of aromatic nitrogens is 2. The van der Waals surface area contributed by atoms with Crippen molar-refractivity contribution in [1.29, 1.82) is 0 Å². The van der Waals surface area contributed by atoms with Gasteiger partial charge < -0.3 is 9.80 Å². The second kappa shape index (κ2) is 8.91. The minimum atomic E-state index is 1.02. The first kappa shape index (κ1) is 16.0. The van der Waals surface area contributed by atoms with Gasteiger partial charge in [0.25, 0.3) is 0 Å². The average Bonchev–Trinajstić information content (AvgIpc) is 2.51. The monoisotopic (exact) mass is 272 g/mol. The highest BCUT2D eigenvalue weighted by Crippen LogP contribution is 2.07. The number of hydrogen-bond acceptors (Lipinski definition) is 4. The lowest BCUT2D eigenvalue weighted by molar-refractivity contribution is 0.846. The minimum absolute atomic E-state index is 1.02. The normalized spacial score (nSPS) is 9.40. The summed E-state index contributed by atoms with van der Waals surface area (Å²) in [5.74, 6) is 1.07. The fraction of sp³-hybridized carbons (Fsp3) is 0.375. The molecule has 0 aliphatic rings. The van der Waals surface area contributed by atoms with Gasteiger partial charge in [0.05, 0.1) is 0 Å². The largest absolute Gasteiger partial charge is 0.378 e. The maximum absolute atomic E-state index is 4.25. The second-order valence-electron chi connectivity index (χ2n) is 4.46. The molecular formula is C16H24N4. The maximum atomic E-state index is 4.25. The van der Waals surface area contributed by atoms with E-state index in [4.69, 9.17) is 0 Å². The van der Waals surface area contributed by atoms with Crippen molar-refractivity contribution in [2.45, 2.75) is 13.8 Å². The summed E-state index contributed by atoms with van der Waals surface area (Å²) in [7, 11) is 4.02. The summed E-state index contributed by atoms with van der Waals surface area (Å²) in [6, 6.07) is 9.93. The van der Waals surface area contributed by atoms with Gasteiger partial charge in [0.1, 0.15) is 5.82 Å². The molecule has 4 heteroatoms. The van der Waals surface area contributed by atoms with Crippen LogP contribution in [0.4, 0.5) is 11.5 Å². The molecule has 2 rings (SSSR count). The van der Waals surface area contributed by atoms with Crippen molar-refractivity contribution in [2.24, 2.45) is 0 Å². The Labute approximate surface area is 122 Å². The van der Waals surface area contributed by atoms with Crippen molar-refractivity contribution in [3.8, 4) is 0 Å². The first-order valence-electron chi connectivity index (χ1n) is 6.92. The van der Waals surface area contributed by atoms with Gasteiger partial charge in [-0.25, -0.2) is 4.98 Å². The van der Waals surface area contributed by atoms with E-state index >= 15 is 0 Å². The first-order chi connectivity index (χ1) is 9.69. The zero-order valence-corrected chi connectivity index (χ0v) is 12.8. The van der Waals surface area contributed by atoms with Gasteiger partial charge in [-0.15, -0.1) is 0 Å². The van der Waals surface area contributed by atoms with Crippen molar-refractivity contribution >= 4 is 11.5 Å². The molecule has 0 radical (unpaired) electrons. The topological polar surface area (TPSA) is 32.3 Å². The van der Waals surface area contributed by atoms with E-state index in [-0.39, 0.29) is 0 Å². The summed E-state index contributed by atoms with van der Waals surface area (Å²) >= 11 is 0. The van der Waals surface area contributed by atoms with Crippen molar-refractivity contribution in [2.75, 3.05) is 37.0 Å². The Morgan fingerprint density at radius 2 is 1.55 bits per heavy atom. The van der Waals surface area contributed by atoms with Crippen LogP contribution >= 0.6 is 0 Å². The molecule has 0 saturated heterocycles. The van der Waals surface area contributed by atoms with Crippen LogP contribution in [0.1, 0.15) is 13.8 Å². The van der Waals surface area contributed by atoms with Crippen LogP contribution in [0.2, 0.25) is 0 Å². The molecule has 0 spiro atoms. The third-order valence-electron chi connectivity index (χ3n) is 2.92. The van der Waals surface area contributed by atoms with E-state index in [0.717, 1.165) is 18.9 Å². The lowest BCUT2D eigenvalue weighted by Gasteiger charge is -2.18. The molecule has 108 valence electrons. The van der Waals surface area contributed by atoms with E-state index in [1.54, 1.807) is 12.4 Å². The van der Waals surface area contributed by atoms with E-state index in [0.29, 0.717) is 0 Å². The molecule has 2 heterocycles. The first-order valence-corrected chi connectivity index (χ1v) is 6.92. The fourth-order valence-corrected chi connectivity index (χ4v) is 1.73. The second-order valence-corrected chi connectivity index (χ2v) is 4.46. The van der Waals surface area contributed by atoms with E-state index in [9.17, 15) is 0 Å². The zero-order chi connectivity index (χ0) is 14.8. The van der Waals surface area contributed by atoms with Crippen molar-refractivity contribution < 1.29 is 0 Å². The number of rotatable bonds is 4. The number of nitrogens with zero attached hydrogens (tertiary/aromatic N) is 4. The Balaban J connectivity index is 0.000000204. The van der Waals surface area contributed by atoms with Crippen LogP contribution in [0, 0.1) is 0 Å². The Bertz CT molecular complexity index is 452. The molecule has 0 saturated carbocycles. The lowest BCUT2D eigenvalue weighted by Crippen LogP contribution is -2.22. The average molecular weight is 272 g/mol. The molecule has 0 fully saturated rings. The molecule has 0 atom stereocenters. The molecule has 0 unspecified atom stereocenters. The zero-order valence-electron chi connectivity index (χ0n) is 12.8. The van der Waals surface area contributed by atoms with Crippen LogP contribution in [-0.4, -0.2) is 37.2 Å². The molecule has 2 aromatic rings. The number of pyridine rings is 2. The Hall–Kier alpha value is -2.10. The number of hydrogen-bond donors (Lipinski definition) is 0. The predicted octanol–water partition coefficient (Wildman–Crippen LogP) is 3.08. The molecule has 0 N–H and O–H groups in total. The summed E-state index contributed by atoms with van der Waals surface area (Å²) in [5.41, 5.74) is 1.19. The molecule has 0 aliphatic heterocycles. The lowest BCUT2D eigenvalue weighted by atomic mass is 10.4. The van der Waals surface area contributed by atoms with Crippen LogP contribution in [0.15, 0.2) is 48.9 Å². The summed E-state index contributed by atoms with van der Waals surface area (Å²) in [5, 5.41) is 0. The Morgan fingerprint density at radius 1 is 0.900 bits per heavy atom. The molecule has 20 heavy (non-hydrogen) atoms. The molecule has 0 aliphatic carbocycles. The highest BCUT2D eigenvalue weighted by atomic mass is 15.2. The number of anilines is 2. The molecule has 0 amide bonds. The third-order valence-corrected chi connectivity index (χ3v) is 2.92. The third kappa shape index (κ3) is 5.26. The van der Waals surface area contributed by atoms with Gasteiger partial charge in [0, 0.05) is 51.5 Å². The summed E-state index contributed by atoms with van der Waals surface area (Å²) in [6.07, 6.45) is 5.40. The van der Waals surface area contributed by atoms with Gasteiger partial charge in [-0.05, 0) is 38.1 Å². The van der Waals surface area contributed by atoms with E-state index in [2.05, 4.69) is 28.7 Å². The molecular weight excluding hydrogens is 248 g/mol. The highest BCUT2D eigenvalue weighted by Gasteiger charge is 1.99. The standard InChI is InChI=1S/C9H14N2.C7H10N2/c1-3-11(4-2)9-7-5-6-8-10-9;1-9(2)7-3-5-8-6-4-7/h5-8H,3-4H2,1-2H3;3-6H,1-2H3. The van der Waals surface area contributed by atoms with E-state index < -0.39 is 0 Å². The quantitative estimate of drug-likeness (QED) is 0.856. The van der Waals surface area contributed by atoms with Gasteiger partial charge in [0.2, 0.25) is 0 Å². The highest BCUT2D eigenvalue weighted by molar-refractivity contribution is 5.42. The van der Waals surface area contributed by atoms with Gasteiger partial charge >= 0.3 is 0 Å². The van der Waals surface area contributed by atoms with Crippen LogP contribution in [-0.2, 0) is 0 Å². The smallest absolute Gasteiger partial charge is 0.128 e. The van der Waals surface area contributed by atoms with Gasteiger partial charge in [0.15, 0.2) is 0 Å². The van der Waals surface area contributed by atoms with E-state index in [1.165, 1.54) is 5.69 Å². The summed E-state index contributed by atoms with van der Waals surface area (Å²) < 4.78 is 0. The van der Waals surface area contributed by atoms with Crippen LogP contribution in [0.25, 0.3) is 0 Å². The van der Waals surface area contributed by atoms with Crippen LogP contribution in [0.3, 0.4) is 0 Å². The fourth-order valence-electron chi connectivity index (χ4n) is 1.73. The van der Waals surface area contributed by atoms with Gasteiger partial charge in [-0.3, -0.25) is 4.98 Å². The van der Waals surface area contributed by atoms with Gasteiger partial charge in [-0.1, -0.05) is 6.07 Å². The maximum Gasteiger partial charge on any atom is 0.128 e. The summed E-state index contributed by atoms with van der Waals surface area (Å²) in [6.45, 7) is 6.32. The van der Waals surface area contributed by atoms with Crippen molar-refractivity contribution in [1.82, 2.24) is 9.97 Å². The Morgan fingerprint density at radius 3 is 1.95 bits per heavy atom. The van der Waals surface area contributed by atoms with E-state index in [1.807, 2.05) is 55.5 Å². The molecule has 4 nitrogen and oxygen atoms in total.